The van der Waals surface area contributed by atoms with Gasteiger partial charge in [0.15, 0.2) is 5.65 Å². The molecule has 0 aliphatic heterocycles. The average molecular weight is 356 g/mol. The lowest BCUT2D eigenvalue weighted by atomic mass is 10.1. The van der Waals surface area contributed by atoms with Gasteiger partial charge < -0.3 is 5.32 Å². The third-order valence-corrected chi connectivity index (χ3v) is 4.17. The van der Waals surface area contributed by atoms with Crippen molar-refractivity contribution in [3.8, 4) is 6.07 Å². The summed E-state index contributed by atoms with van der Waals surface area (Å²) in [6, 6.07) is 11.3. The highest BCUT2D eigenvalue weighted by atomic mass is 35.5. The number of anilines is 1. The topological polar surface area (TPSA) is 86.0 Å². The molecule has 0 bridgehead atoms. The van der Waals surface area contributed by atoms with Gasteiger partial charge in [-0.3, -0.25) is 9.89 Å². The van der Waals surface area contributed by atoms with Crippen molar-refractivity contribution < 1.29 is 0 Å². The van der Waals surface area contributed by atoms with E-state index in [0.717, 1.165) is 18.4 Å². The molecule has 0 aliphatic rings. The first-order valence-electron chi connectivity index (χ1n) is 8.15. The number of nitriles is 1. The summed E-state index contributed by atoms with van der Waals surface area (Å²) in [5.41, 5.74) is 2.34. The highest BCUT2D eigenvalue weighted by molar-refractivity contribution is 6.30. The summed E-state index contributed by atoms with van der Waals surface area (Å²) in [6.45, 7) is 2.63. The number of H-pyrrole nitrogens is 1. The van der Waals surface area contributed by atoms with Gasteiger partial charge in [0.1, 0.15) is 17.5 Å². The maximum absolute atomic E-state index is 12.2. The van der Waals surface area contributed by atoms with Gasteiger partial charge in [0.05, 0.1) is 0 Å². The molecule has 0 saturated carbocycles. The molecule has 0 aliphatic carbocycles. The van der Waals surface area contributed by atoms with Crippen LogP contribution in [0.2, 0.25) is 5.02 Å². The molecule has 1 aromatic carbocycles. The number of aromatic amines is 1. The van der Waals surface area contributed by atoms with E-state index in [1.54, 1.807) is 0 Å². The first-order valence-corrected chi connectivity index (χ1v) is 8.53. The van der Waals surface area contributed by atoms with Gasteiger partial charge in [0.25, 0.3) is 5.56 Å². The summed E-state index contributed by atoms with van der Waals surface area (Å²) in [5, 5.41) is 16.3. The van der Waals surface area contributed by atoms with Crippen LogP contribution in [0.1, 0.15) is 30.2 Å². The van der Waals surface area contributed by atoms with Crippen LogP contribution < -0.4 is 10.9 Å². The summed E-state index contributed by atoms with van der Waals surface area (Å²) in [4.78, 5) is 16.7. The summed E-state index contributed by atoms with van der Waals surface area (Å²) in [6.07, 6.45) is 2.36. The van der Waals surface area contributed by atoms with Crippen LogP contribution in [0.25, 0.3) is 5.65 Å². The monoisotopic (exact) mass is 355 g/mol. The van der Waals surface area contributed by atoms with Crippen molar-refractivity contribution in [1.82, 2.24) is 14.6 Å². The minimum absolute atomic E-state index is 0.212. The molecule has 0 amide bonds. The molecular weight excluding hydrogens is 338 g/mol. The van der Waals surface area contributed by atoms with E-state index in [1.807, 2.05) is 31.2 Å². The van der Waals surface area contributed by atoms with E-state index in [4.69, 9.17) is 11.6 Å². The summed E-state index contributed by atoms with van der Waals surface area (Å²) < 4.78 is 1.31. The molecule has 7 heteroatoms. The van der Waals surface area contributed by atoms with Crippen molar-refractivity contribution in [3.05, 3.63) is 62.5 Å². The molecule has 2 heterocycles. The van der Waals surface area contributed by atoms with Crippen molar-refractivity contribution in [2.75, 3.05) is 11.9 Å². The van der Waals surface area contributed by atoms with E-state index < -0.39 is 0 Å². The highest BCUT2D eigenvalue weighted by Crippen LogP contribution is 2.17. The number of rotatable bonds is 6. The standard InChI is InChI=1S/C18H18ClN5O/c1-2-3-14-10-16(25)24-18(22-14)15(11-20)17(23-24)21-9-8-12-4-6-13(19)7-5-12/h4-7,10,21,23H,2-3,8-9H2,1H3. The number of nitrogens with one attached hydrogen (secondary N) is 2. The van der Waals surface area contributed by atoms with Crippen LogP contribution in [-0.2, 0) is 12.8 Å². The largest absolute Gasteiger partial charge is 0.369 e. The number of aryl methyl sites for hydroxylation is 1. The van der Waals surface area contributed by atoms with Gasteiger partial charge in [-0.15, -0.1) is 0 Å². The fourth-order valence-electron chi connectivity index (χ4n) is 2.69. The second-order valence-electron chi connectivity index (χ2n) is 5.77. The zero-order valence-corrected chi connectivity index (χ0v) is 14.6. The Labute approximate surface area is 150 Å². The third-order valence-electron chi connectivity index (χ3n) is 3.92. The van der Waals surface area contributed by atoms with Crippen molar-refractivity contribution in [2.24, 2.45) is 0 Å². The predicted octanol–water partition coefficient (Wildman–Crippen LogP) is 3.15. The van der Waals surface area contributed by atoms with Crippen LogP contribution in [0.5, 0.6) is 0 Å². The summed E-state index contributed by atoms with van der Waals surface area (Å²) in [5.74, 6) is 0.509. The Balaban J connectivity index is 1.83. The molecule has 0 saturated heterocycles. The number of halogens is 1. The Morgan fingerprint density at radius 1 is 1.32 bits per heavy atom. The lowest BCUT2D eigenvalue weighted by molar-refractivity contribution is 0.838. The number of hydrogen-bond acceptors (Lipinski definition) is 4. The van der Waals surface area contributed by atoms with Gasteiger partial charge in [-0.05, 0) is 30.5 Å². The number of benzene rings is 1. The average Bonchev–Trinajstić information content (AvgIpc) is 2.95. The second-order valence-corrected chi connectivity index (χ2v) is 6.21. The van der Waals surface area contributed by atoms with Gasteiger partial charge >= 0.3 is 0 Å². The molecule has 0 fully saturated rings. The Morgan fingerprint density at radius 2 is 2.08 bits per heavy atom. The van der Waals surface area contributed by atoms with E-state index in [1.165, 1.54) is 10.6 Å². The van der Waals surface area contributed by atoms with E-state index in [-0.39, 0.29) is 5.56 Å². The predicted molar refractivity (Wildman–Crippen MR) is 98.2 cm³/mol. The molecule has 0 atom stereocenters. The van der Waals surface area contributed by atoms with Gasteiger partial charge in [0, 0.05) is 23.3 Å². The maximum Gasteiger partial charge on any atom is 0.272 e. The van der Waals surface area contributed by atoms with Crippen LogP contribution in [0.15, 0.2) is 35.1 Å². The van der Waals surface area contributed by atoms with E-state index in [9.17, 15) is 10.1 Å². The Morgan fingerprint density at radius 3 is 2.76 bits per heavy atom. The third kappa shape index (κ3) is 3.67. The van der Waals surface area contributed by atoms with Gasteiger partial charge in [-0.1, -0.05) is 37.1 Å². The van der Waals surface area contributed by atoms with Crippen molar-refractivity contribution in [1.29, 1.82) is 5.26 Å². The van der Waals surface area contributed by atoms with E-state index >= 15 is 0 Å². The number of hydrogen-bond donors (Lipinski definition) is 2. The molecule has 3 rings (SSSR count). The Hall–Kier alpha value is -2.78. The fourth-order valence-corrected chi connectivity index (χ4v) is 2.81. The smallest absolute Gasteiger partial charge is 0.272 e. The number of aromatic nitrogens is 3. The molecule has 2 N–H and O–H groups in total. The van der Waals surface area contributed by atoms with Crippen molar-refractivity contribution in [2.45, 2.75) is 26.2 Å². The summed E-state index contributed by atoms with van der Waals surface area (Å²) >= 11 is 5.88. The molecular formula is C18H18ClN5O. The molecule has 3 aromatic rings. The number of fused-ring (bicyclic) bond motifs is 1. The van der Waals surface area contributed by atoms with Crippen molar-refractivity contribution >= 4 is 23.1 Å². The van der Waals surface area contributed by atoms with Crippen LogP contribution in [-0.4, -0.2) is 21.1 Å². The minimum atomic E-state index is -0.212. The normalized spacial score (nSPS) is 10.8. The fraction of sp³-hybridized carbons (Fsp3) is 0.278. The van der Waals surface area contributed by atoms with Gasteiger partial charge in [-0.2, -0.15) is 9.78 Å². The lowest BCUT2D eigenvalue weighted by Gasteiger charge is -2.04. The van der Waals surface area contributed by atoms with Crippen molar-refractivity contribution in [3.63, 3.8) is 0 Å². The molecule has 25 heavy (non-hydrogen) atoms. The molecule has 0 unspecified atom stereocenters. The highest BCUT2D eigenvalue weighted by Gasteiger charge is 2.14. The first-order chi connectivity index (χ1) is 12.1. The molecule has 0 spiro atoms. The first kappa shape index (κ1) is 17.1. The molecule has 2 aromatic heterocycles. The molecule has 6 nitrogen and oxygen atoms in total. The molecule has 0 radical (unpaired) electrons. The maximum atomic E-state index is 12.2. The van der Waals surface area contributed by atoms with Crippen LogP contribution >= 0.6 is 11.6 Å². The minimum Gasteiger partial charge on any atom is -0.369 e. The van der Waals surface area contributed by atoms with Crippen LogP contribution in [0, 0.1) is 11.3 Å². The zero-order chi connectivity index (χ0) is 17.8. The summed E-state index contributed by atoms with van der Waals surface area (Å²) in [7, 11) is 0. The SMILES string of the molecule is CCCc1cc(=O)n2[nH]c(NCCc3ccc(Cl)cc3)c(C#N)c2n1. The zero-order valence-electron chi connectivity index (χ0n) is 13.8. The van der Waals surface area contributed by atoms with Crippen LogP contribution in [0.3, 0.4) is 0 Å². The Kier molecular flexibility index (Phi) is 5.05. The quantitative estimate of drug-likeness (QED) is 0.711. The van der Waals surface area contributed by atoms with Gasteiger partial charge in [-0.25, -0.2) is 4.98 Å². The van der Waals surface area contributed by atoms with E-state index in [0.29, 0.717) is 40.7 Å². The second kappa shape index (κ2) is 7.41. The number of nitrogens with zero attached hydrogens (tertiary/aromatic N) is 3. The van der Waals surface area contributed by atoms with Crippen LogP contribution in [0.4, 0.5) is 5.82 Å². The van der Waals surface area contributed by atoms with Gasteiger partial charge in [0.2, 0.25) is 0 Å². The molecule has 128 valence electrons. The lowest BCUT2D eigenvalue weighted by Crippen LogP contribution is -2.16. The van der Waals surface area contributed by atoms with E-state index in [2.05, 4.69) is 21.5 Å². The Bertz CT molecular complexity index is 982.